The number of para-hydroxylation sites is 2. The van der Waals surface area contributed by atoms with Crippen LogP contribution in [-0.4, -0.2) is 55.2 Å². The standard InChI is InChI=1S/C22H33N3O3/c1-22(2,3)28-21(27)25-15-12-20(26)24(18-10-6-7-11-19(18)25)17-16-23-13-8-4-5-9-14-23/h6-7,10-11H,4-5,8-9,12-17H2,1-3H3. The molecule has 2 aliphatic heterocycles. The Labute approximate surface area is 168 Å². The molecule has 0 spiro atoms. The molecule has 28 heavy (non-hydrogen) atoms. The van der Waals surface area contributed by atoms with E-state index < -0.39 is 11.7 Å². The summed E-state index contributed by atoms with van der Waals surface area (Å²) in [6.45, 7) is 9.63. The van der Waals surface area contributed by atoms with Crippen LogP contribution in [0.1, 0.15) is 52.9 Å². The number of rotatable bonds is 3. The van der Waals surface area contributed by atoms with Crippen LogP contribution in [0.25, 0.3) is 0 Å². The maximum absolute atomic E-state index is 12.9. The van der Waals surface area contributed by atoms with Crippen LogP contribution in [0.3, 0.4) is 0 Å². The molecule has 3 rings (SSSR count). The molecule has 0 bridgehead atoms. The maximum Gasteiger partial charge on any atom is 0.414 e. The highest BCUT2D eigenvalue weighted by Crippen LogP contribution is 2.33. The average Bonchev–Trinajstić information content (AvgIpc) is 2.96. The van der Waals surface area contributed by atoms with Crippen molar-refractivity contribution in [2.24, 2.45) is 0 Å². The zero-order valence-electron chi connectivity index (χ0n) is 17.4. The second kappa shape index (κ2) is 8.95. The summed E-state index contributed by atoms with van der Waals surface area (Å²) in [6.07, 6.45) is 4.96. The van der Waals surface area contributed by atoms with Gasteiger partial charge in [-0.2, -0.15) is 0 Å². The summed E-state index contributed by atoms with van der Waals surface area (Å²) in [5.41, 5.74) is 0.971. The molecule has 1 aromatic carbocycles. The molecule has 2 aliphatic rings. The predicted molar refractivity (Wildman–Crippen MR) is 112 cm³/mol. The lowest BCUT2D eigenvalue weighted by molar-refractivity contribution is -0.118. The molecule has 1 saturated heterocycles. The maximum atomic E-state index is 12.9. The topological polar surface area (TPSA) is 53.1 Å². The van der Waals surface area contributed by atoms with Gasteiger partial charge in [-0.3, -0.25) is 9.69 Å². The molecule has 0 aromatic heterocycles. The number of hydrogen-bond donors (Lipinski definition) is 0. The van der Waals surface area contributed by atoms with Crippen LogP contribution in [-0.2, 0) is 9.53 Å². The fourth-order valence-electron chi connectivity index (χ4n) is 3.87. The van der Waals surface area contributed by atoms with Gasteiger partial charge in [-0.1, -0.05) is 25.0 Å². The van der Waals surface area contributed by atoms with Crippen molar-refractivity contribution < 1.29 is 14.3 Å². The molecular formula is C22H33N3O3. The van der Waals surface area contributed by atoms with Crippen LogP contribution < -0.4 is 9.80 Å². The van der Waals surface area contributed by atoms with E-state index in [9.17, 15) is 9.59 Å². The highest BCUT2D eigenvalue weighted by molar-refractivity contribution is 6.03. The molecule has 0 saturated carbocycles. The lowest BCUT2D eigenvalue weighted by Gasteiger charge is -2.29. The van der Waals surface area contributed by atoms with Crippen molar-refractivity contribution in [2.75, 3.05) is 42.5 Å². The molecule has 0 radical (unpaired) electrons. The van der Waals surface area contributed by atoms with Crippen molar-refractivity contribution in [1.29, 1.82) is 0 Å². The van der Waals surface area contributed by atoms with Crippen molar-refractivity contribution >= 4 is 23.4 Å². The second-order valence-electron chi connectivity index (χ2n) is 8.67. The van der Waals surface area contributed by atoms with E-state index in [0.29, 0.717) is 19.5 Å². The summed E-state index contributed by atoms with van der Waals surface area (Å²) < 4.78 is 5.58. The van der Waals surface area contributed by atoms with Crippen molar-refractivity contribution in [3.8, 4) is 0 Å². The van der Waals surface area contributed by atoms with Gasteiger partial charge in [0.05, 0.1) is 11.4 Å². The molecular weight excluding hydrogens is 354 g/mol. The van der Waals surface area contributed by atoms with Crippen molar-refractivity contribution in [3.63, 3.8) is 0 Å². The third kappa shape index (κ3) is 5.25. The van der Waals surface area contributed by atoms with Gasteiger partial charge in [0.25, 0.3) is 0 Å². The van der Waals surface area contributed by atoms with Gasteiger partial charge in [-0.05, 0) is 58.8 Å². The molecule has 6 nitrogen and oxygen atoms in total. The highest BCUT2D eigenvalue weighted by atomic mass is 16.6. The Bertz CT molecular complexity index is 691. The molecule has 2 heterocycles. The van der Waals surface area contributed by atoms with E-state index in [1.54, 1.807) is 4.90 Å². The van der Waals surface area contributed by atoms with E-state index in [1.165, 1.54) is 25.7 Å². The van der Waals surface area contributed by atoms with E-state index in [0.717, 1.165) is 31.0 Å². The van der Waals surface area contributed by atoms with Crippen molar-refractivity contribution in [3.05, 3.63) is 24.3 Å². The van der Waals surface area contributed by atoms with Crippen LogP contribution in [0.15, 0.2) is 24.3 Å². The third-order valence-electron chi connectivity index (χ3n) is 5.27. The van der Waals surface area contributed by atoms with Crippen LogP contribution >= 0.6 is 0 Å². The van der Waals surface area contributed by atoms with E-state index in [-0.39, 0.29) is 5.91 Å². The van der Waals surface area contributed by atoms with E-state index >= 15 is 0 Å². The predicted octanol–water partition coefficient (Wildman–Crippen LogP) is 4.04. The van der Waals surface area contributed by atoms with Gasteiger partial charge in [0.2, 0.25) is 5.91 Å². The Kier molecular flexibility index (Phi) is 6.60. The third-order valence-corrected chi connectivity index (χ3v) is 5.27. The molecule has 0 N–H and O–H groups in total. The molecule has 2 amide bonds. The first-order chi connectivity index (χ1) is 13.3. The van der Waals surface area contributed by atoms with Gasteiger partial charge in [-0.15, -0.1) is 0 Å². The number of carbonyl (C=O) groups excluding carboxylic acids is 2. The summed E-state index contributed by atoms with van der Waals surface area (Å²) >= 11 is 0. The molecule has 1 fully saturated rings. The monoisotopic (exact) mass is 387 g/mol. The Balaban J connectivity index is 1.79. The fourth-order valence-corrected chi connectivity index (χ4v) is 3.87. The average molecular weight is 388 g/mol. The molecule has 154 valence electrons. The SMILES string of the molecule is CC(C)(C)OC(=O)N1CCC(=O)N(CCN2CCCCCC2)c2ccccc21. The summed E-state index contributed by atoms with van der Waals surface area (Å²) in [5, 5.41) is 0. The lowest BCUT2D eigenvalue weighted by Crippen LogP contribution is -2.39. The van der Waals surface area contributed by atoms with Gasteiger partial charge in [0.15, 0.2) is 0 Å². The second-order valence-corrected chi connectivity index (χ2v) is 8.67. The van der Waals surface area contributed by atoms with Gasteiger partial charge < -0.3 is 14.5 Å². The number of likely N-dealkylation sites (tertiary alicyclic amines) is 1. The lowest BCUT2D eigenvalue weighted by atomic mass is 10.2. The first kappa shape index (κ1) is 20.6. The number of nitrogens with zero attached hydrogens (tertiary/aromatic N) is 3. The summed E-state index contributed by atoms with van der Waals surface area (Å²) in [5.74, 6) is 0.0633. The van der Waals surface area contributed by atoms with E-state index in [1.807, 2.05) is 49.9 Å². The fraction of sp³-hybridized carbons (Fsp3) is 0.636. The Hall–Kier alpha value is -2.08. The highest BCUT2D eigenvalue weighted by Gasteiger charge is 2.31. The first-order valence-corrected chi connectivity index (χ1v) is 10.5. The number of carbonyl (C=O) groups is 2. The Morgan fingerprint density at radius 2 is 1.61 bits per heavy atom. The van der Waals surface area contributed by atoms with Crippen molar-refractivity contribution in [2.45, 2.75) is 58.5 Å². The van der Waals surface area contributed by atoms with Gasteiger partial charge in [0.1, 0.15) is 5.60 Å². The Morgan fingerprint density at radius 1 is 0.964 bits per heavy atom. The zero-order chi connectivity index (χ0) is 20.1. The normalized spacial score (nSPS) is 19.0. The van der Waals surface area contributed by atoms with Crippen LogP contribution in [0, 0.1) is 0 Å². The van der Waals surface area contributed by atoms with Gasteiger partial charge in [0, 0.05) is 26.1 Å². The largest absolute Gasteiger partial charge is 0.443 e. The smallest absolute Gasteiger partial charge is 0.414 e. The van der Waals surface area contributed by atoms with Crippen LogP contribution in [0.5, 0.6) is 0 Å². The number of amides is 2. The van der Waals surface area contributed by atoms with Gasteiger partial charge in [-0.25, -0.2) is 4.79 Å². The number of benzene rings is 1. The molecule has 1 aromatic rings. The molecule has 0 atom stereocenters. The first-order valence-electron chi connectivity index (χ1n) is 10.5. The Morgan fingerprint density at radius 3 is 2.25 bits per heavy atom. The van der Waals surface area contributed by atoms with Crippen molar-refractivity contribution in [1.82, 2.24) is 4.90 Å². The summed E-state index contributed by atoms with van der Waals surface area (Å²) in [7, 11) is 0. The van der Waals surface area contributed by atoms with Crippen LogP contribution in [0.4, 0.5) is 16.2 Å². The summed E-state index contributed by atoms with van der Waals surface area (Å²) in [6, 6.07) is 7.65. The van der Waals surface area contributed by atoms with E-state index in [2.05, 4.69) is 4.90 Å². The molecule has 0 aliphatic carbocycles. The minimum atomic E-state index is -0.575. The quantitative estimate of drug-likeness (QED) is 0.785. The minimum absolute atomic E-state index is 0.0633. The number of anilines is 2. The zero-order valence-corrected chi connectivity index (χ0v) is 17.4. The molecule has 6 heteroatoms. The molecule has 0 unspecified atom stereocenters. The minimum Gasteiger partial charge on any atom is -0.443 e. The van der Waals surface area contributed by atoms with Gasteiger partial charge >= 0.3 is 6.09 Å². The van der Waals surface area contributed by atoms with Crippen LogP contribution in [0.2, 0.25) is 0 Å². The summed E-state index contributed by atoms with van der Waals surface area (Å²) in [4.78, 5) is 31.6. The number of fused-ring (bicyclic) bond motifs is 1. The number of hydrogen-bond acceptors (Lipinski definition) is 4. The number of ether oxygens (including phenoxy) is 1. The van der Waals surface area contributed by atoms with E-state index in [4.69, 9.17) is 4.74 Å².